The molecule has 0 aliphatic heterocycles. The van der Waals surface area contributed by atoms with Gasteiger partial charge in [0.05, 0.1) is 5.69 Å². The molecule has 3 aliphatic rings. The molecular weight excluding hydrogens is 264 g/mol. The maximum absolute atomic E-state index is 6.15. The van der Waals surface area contributed by atoms with Crippen LogP contribution >= 0.6 is 0 Å². The first-order valence-corrected chi connectivity index (χ1v) is 8.33. The first kappa shape index (κ1) is 13.6. The van der Waals surface area contributed by atoms with Gasteiger partial charge in [-0.15, -0.1) is 0 Å². The molecule has 3 unspecified atom stereocenters. The lowest BCUT2D eigenvalue weighted by Gasteiger charge is -2.38. The average molecular weight is 290 g/mol. The summed E-state index contributed by atoms with van der Waals surface area (Å²) in [6.45, 7) is 7.96. The van der Waals surface area contributed by atoms with Gasteiger partial charge in [-0.3, -0.25) is 0 Å². The number of oxazole rings is 1. The molecule has 4 heteroatoms. The Hall–Kier alpha value is -1.03. The zero-order chi connectivity index (χ0) is 14.7. The van der Waals surface area contributed by atoms with Gasteiger partial charge in [0.25, 0.3) is 0 Å². The molecule has 3 fully saturated rings. The van der Waals surface area contributed by atoms with Gasteiger partial charge in [-0.25, -0.2) is 0 Å². The van der Waals surface area contributed by atoms with Gasteiger partial charge in [0, 0.05) is 18.0 Å². The number of ether oxygens (including phenoxy) is 1. The van der Waals surface area contributed by atoms with Crippen LogP contribution in [0, 0.1) is 16.7 Å². The predicted octanol–water partition coefficient (Wildman–Crippen LogP) is 3.52. The van der Waals surface area contributed by atoms with Gasteiger partial charge >= 0.3 is 6.08 Å². The molecule has 4 nitrogen and oxygen atoms in total. The van der Waals surface area contributed by atoms with E-state index >= 15 is 0 Å². The topological polar surface area (TPSA) is 47.3 Å². The molecule has 116 valence electrons. The van der Waals surface area contributed by atoms with Crippen molar-refractivity contribution in [1.82, 2.24) is 10.3 Å². The Morgan fingerprint density at radius 2 is 2.14 bits per heavy atom. The van der Waals surface area contributed by atoms with Gasteiger partial charge in [-0.05, 0) is 43.4 Å². The molecule has 4 rings (SSSR count). The molecule has 2 bridgehead atoms. The fourth-order valence-corrected chi connectivity index (χ4v) is 4.39. The van der Waals surface area contributed by atoms with Crippen molar-refractivity contribution in [3.8, 4) is 6.08 Å². The standard InChI is InChI=1S/C17H26N2O2/c1-16(2)11-6-7-17(16,3)14(8-11)21-15-19-13(10-20-15)9-18-12-4-5-12/h10-12,14,18H,4-9H2,1-3H3. The van der Waals surface area contributed by atoms with Crippen molar-refractivity contribution in [3.05, 3.63) is 12.0 Å². The third kappa shape index (κ3) is 2.10. The van der Waals surface area contributed by atoms with E-state index in [1.807, 2.05) is 0 Å². The van der Waals surface area contributed by atoms with Gasteiger partial charge in [0.2, 0.25) is 0 Å². The van der Waals surface area contributed by atoms with Crippen molar-refractivity contribution >= 4 is 0 Å². The maximum atomic E-state index is 6.15. The van der Waals surface area contributed by atoms with Crippen LogP contribution in [0.25, 0.3) is 0 Å². The van der Waals surface area contributed by atoms with Gasteiger partial charge in [0.1, 0.15) is 12.4 Å². The fourth-order valence-electron chi connectivity index (χ4n) is 4.39. The van der Waals surface area contributed by atoms with Crippen LogP contribution in [-0.2, 0) is 6.54 Å². The number of hydrogen-bond acceptors (Lipinski definition) is 4. The molecule has 1 aromatic heterocycles. The van der Waals surface area contributed by atoms with E-state index in [9.17, 15) is 0 Å². The highest BCUT2D eigenvalue weighted by Crippen LogP contribution is 2.66. The third-order valence-electron chi connectivity index (χ3n) is 6.64. The largest absolute Gasteiger partial charge is 0.446 e. The van der Waals surface area contributed by atoms with Gasteiger partial charge in [0.15, 0.2) is 0 Å². The molecule has 0 amide bonds. The van der Waals surface area contributed by atoms with E-state index in [0.29, 0.717) is 17.5 Å². The molecule has 3 saturated carbocycles. The molecular formula is C17H26N2O2. The zero-order valence-corrected chi connectivity index (χ0v) is 13.3. The summed E-state index contributed by atoms with van der Waals surface area (Å²) in [5.74, 6) is 0.776. The fraction of sp³-hybridized carbons (Fsp3) is 0.824. The molecule has 0 spiro atoms. The lowest BCUT2D eigenvalue weighted by Crippen LogP contribution is -2.38. The van der Waals surface area contributed by atoms with E-state index in [-0.39, 0.29) is 11.5 Å². The molecule has 3 aliphatic carbocycles. The summed E-state index contributed by atoms with van der Waals surface area (Å²) in [5.41, 5.74) is 1.56. The second-order valence-corrected chi connectivity index (χ2v) is 7.98. The lowest BCUT2D eigenvalue weighted by atomic mass is 9.70. The molecule has 1 aromatic rings. The first-order chi connectivity index (χ1) is 9.99. The average Bonchev–Trinajstić information content (AvgIpc) is 3.09. The number of aromatic nitrogens is 1. The van der Waals surface area contributed by atoms with E-state index < -0.39 is 0 Å². The second-order valence-electron chi connectivity index (χ2n) is 7.98. The van der Waals surface area contributed by atoms with Gasteiger partial charge < -0.3 is 14.5 Å². The molecule has 0 aromatic carbocycles. The van der Waals surface area contributed by atoms with E-state index in [1.54, 1.807) is 6.26 Å². The molecule has 1 N–H and O–H groups in total. The Morgan fingerprint density at radius 1 is 1.33 bits per heavy atom. The highest BCUT2D eigenvalue weighted by Gasteiger charge is 2.62. The van der Waals surface area contributed by atoms with E-state index in [2.05, 4.69) is 31.1 Å². The Labute approximate surface area is 126 Å². The minimum Gasteiger partial charge on any atom is -0.446 e. The zero-order valence-electron chi connectivity index (χ0n) is 13.3. The Bertz CT molecular complexity index is 535. The highest BCUT2D eigenvalue weighted by atomic mass is 16.6. The molecule has 0 radical (unpaired) electrons. The summed E-state index contributed by atoms with van der Waals surface area (Å²) < 4.78 is 11.7. The Balaban J connectivity index is 1.42. The quantitative estimate of drug-likeness (QED) is 0.901. The summed E-state index contributed by atoms with van der Waals surface area (Å²) in [5, 5.41) is 3.45. The van der Waals surface area contributed by atoms with Crippen molar-refractivity contribution in [2.24, 2.45) is 16.7 Å². The third-order valence-corrected chi connectivity index (χ3v) is 6.64. The van der Waals surface area contributed by atoms with Gasteiger partial charge in [-0.1, -0.05) is 20.8 Å². The van der Waals surface area contributed by atoms with E-state index in [4.69, 9.17) is 9.15 Å². The first-order valence-electron chi connectivity index (χ1n) is 8.33. The van der Waals surface area contributed by atoms with Crippen molar-refractivity contribution < 1.29 is 9.15 Å². The number of hydrogen-bond donors (Lipinski definition) is 1. The van der Waals surface area contributed by atoms with Crippen molar-refractivity contribution in [1.29, 1.82) is 0 Å². The number of nitrogens with one attached hydrogen (secondary N) is 1. The van der Waals surface area contributed by atoms with E-state index in [1.165, 1.54) is 25.7 Å². The molecule has 21 heavy (non-hydrogen) atoms. The van der Waals surface area contributed by atoms with Crippen LogP contribution in [0.2, 0.25) is 0 Å². The van der Waals surface area contributed by atoms with Crippen LogP contribution in [0.5, 0.6) is 6.08 Å². The normalized spacial score (nSPS) is 37.1. The SMILES string of the molecule is CC1(C)C2CCC1(C)C(Oc1nc(CNC3CC3)co1)C2. The summed E-state index contributed by atoms with van der Waals surface area (Å²) >= 11 is 0. The van der Waals surface area contributed by atoms with Crippen LogP contribution in [0.3, 0.4) is 0 Å². The molecule has 0 saturated heterocycles. The van der Waals surface area contributed by atoms with Crippen LogP contribution in [0.1, 0.15) is 58.6 Å². The summed E-state index contributed by atoms with van der Waals surface area (Å²) in [7, 11) is 0. The Morgan fingerprint density at radius 3 is 2.76 bits per heavy atom. The second kappa shape index (κ2) is 4.48. The van der Waals surface area contributed by atoms with Crippen molar-refractivity contribution in [2.45, 2.75) is 71.6 Å². The van der Waals surface area contributed by atoms with Crippen LogP contribution in [-0.4, -0.2) is 17.1 Å². The maximum Gasteiger partial charge on any atom is 0.394 e. The number of nitrogens with zero attached hydrogens (tertiary/aromatic N) is 1. The summed E-state index contributed by atoms with van der Waals surface area (Å²) in [6.07, 6.45) is 8.74. The van der Waals surface area contributed by atoms with Crippen LogP contribution in [0.15, 0.2) is 10.7 Å². The van der Waals surface area contributed by atoms with E-state index in [0.717, 1.165) is 24.6 Å². The predicted molar refractivity (Wildman–Crippen MR) is 80.0 cm³/mol. The number of fused-ring (bicyclic) bond motifs is 2. The molecule has 3 atom stereocenters. The summed E-state index contributed by atoms with van der Waals surface area (Å²) in [6, 6.07) is 0.691. The molecule has 1 heterocycles. The monoisotopic (exact) mass is 290 g/mol. The number of rotatable bonds is 5. The lowest BCUT2D eigenvalue weighted by molar-refractivity contribution is 0.0118. The minimum absolute atomic E-state index is 0.245. The van der Waals surface area contributed by atoms with Crippen molar-refractivity contribution in [3.63, 3.8) is 0 Å². The van der Waals surface area contributed by atoms with Gasteiger partial charge in [-0.2, -0.15) is 4.98 Å². The smallest absolute Gasteiger partial charge is 0.394 e. The Kier molecular flexibility index (Phi) is 2.91. The minimum atomic E-state index is 0.245. The highest BCUT2D eigenvalue weighted by molar-refractivity contribution is 5.13. The van der Waals surface area contributed by atoms with Crippen LogP contribution in [0.4, 0.5) is 0 Å². The van der Waals surface area contributed by atoms with Crippen molar-refractivity contribution in [2.75, 3.05) is 0 Å². The summed E-state index contributed by atoms with van der Waals surface area (Å²) in [4.78, 5) is 4.48. The van der Waals surface area contributed by atoms with Crippen LogP contribution < -0.4 is 10.1 Å².